The highest BCUT2D eigenvalue weighted by Crippen LogP contribution is 2.29. The number of carbonyl (C=O) groups is 1. The monoisotopic (exact) mass is 317 g/mol. The van der Waals surface area contributed by atoms with Gasteiger partial charge in [0.2, 0.25) is 0 Å². The van der Waals surface area contributed by atoms with Gasteiger partial charge in [0, 0.05) is 26.2 Å². The number of anilines is 1. The largest absolute Gasteiger partial charge is 0.478 e. The zero-order valence-electron chi connectivity index (χ0n) is 13.9. The maximum atomic E-state index is 11.4. The second-order valence-corrected chi connectivity index (χ2v) is 6.12. The molecule has 7 nitrogen and oxygen atoms in total. The molecule has 1 saturated heterocycles. The SMILES string of the molecule is CCN(C)C1CCN(c2ccc(C(=O)O)c3nn(C)nc23)CC1. The van der Waals surface area contributed by atoms with E-state index in [0.29, 0.717) is 17.1 Å². The van der Waals surface area contributed by atoms with Gasteiger partial charge in [-0.25, -0.2) is 4.79 Å². The van der Waals surface area contributed by atoms with E-state index in [-0.39, 0.29) is 5.56 Å². The first-order valence-corrected chi connectivity index (χ1v) is 8.03. The van der Waals surface area contributed by atoms with E-state index < -0.39 is 5.97 Å². The van der Waals surface area contributed by atoms with Gasteiger partial charge in [-0.3, -0.25) is 0 Å². The third kappa shape index (κ3) is 2.88. The molecule has 1 aromatic carbocycles. The molecule has 1 aromatic heterocycles. The zero-order valence-corrected chi connectivity index (χ0v) is 13.9. The number of rotatable bonds is 4. The van der Waals surface area contributed by atoms with Crippen LogP contribution in [0.25, 0.3) is 11.0 Å². The predicted octanol–water partition coefficient (Wildman–Crippen LogP) is 1.59. The summed E-state index contributed by atoms with van der Waals surface area (Å²) in [7, 11) is 3.89. The molecular formula is C16H23N5O2. The van der Waals surface area contributed by atoms with E-state index >= 15 is 0 Å². The van der Waals surface area contributed by atoms with Crippen molar-refractivity contribution >= 4 is 22.7 Å². The summed E-state index contributed by atoms with van der Waals surface area (Å²) in [6.07, 6.45) is 2.21. The number of piperidine rings is 1. The molecule has 0 unspecified atom stereocenters. The second kappa shape index (κ2) is 6.16. The lowest BCUT2D eigenvalue weighted by atomic mass is 10.0. The molecule has 1 aliphatic heterocycles. The van der Waals surface area contributed by atoms with Crippen molar-refractivity contribution in [3.8, 4) is 0 Å². The number of fused-ring (bicyclic) bond motifs is 1. The van der Waals surface area contributed by atoms with Gasteiger partial charge in [-0.1, -0.05) is 6.92 Å². The van der Waals surface area contributed by atoms with Crippen LogP contribution in [0.3, 0.4) is 0 Å². The molecule has 1 aliphatic rings. The fraction of sp³-hybridized carbons (Fsp3) is 0.562. The lowest BCUT2D eigenvalue weighted by Gasteiger charge is -2.37. The second-order valence-electron chi connectivity index (χ2n) is 6.12. The van der Waals surface area contributed by atoms with E-state index in [2.05, 4.69) is 34.0 Å². The summed E-state index contributed by atoms with van der Waals surface area (Å²) in [5, 5.41) is 17.9. The number of hydrogen-bond donors (Lipinski definition) is 1. The average molecular weight is 317 g/mol. The van der Waals surface area contributed by atoms with E-state index in [1.54, 1.807) is 13.1 Å². The topological polar surface area (TPSA) is 74.5 Å². The third-order valence-corrected chi connectivity index (χ3v) is 4.78. The molecule has 3 rings (SSSR count). The Labute approximate surface area is 135 Å². The van der Waals surface area contributed by atoms with Crippen molar-refractivity contribution in [3.63, 3.8) is 0 Å². The lowest BCUT2D eigenvalue weighted by Crippen LogP contribution is -2.43. The number of carboxylic acids is 1. The highest BCUT2D eigenvalue weighted by molar-refractivity contribution is 6.04. The minimum Gasteiger partial charge on any atom is -0.478 e. The van der Waals surface area contributed by atoms with Crippen LogP contribution in [0.1, 0.15) is 30.1 Å². The molecule has 23 heavy (non-hydrogen) atoms. The van der Waals surface area contributed by atoms with Crippen LogP contribution >= 0.6 is 0 Å². The Morgan fingerprint density at radius 2 is 1.96 bits per heavy atom. The van der Waals surface area contributed by atoms with Gasteiger partial charge in [-0.15, -0.1) is 0 Å². The van der Waals surface area contributed by atoms with E-state index in [0.717, 1.165) is 38.2 Å². The fourth-order valence-electron chi connectivity index (χ4n) is 3.31. The first kappa shape index (κ1) is 15.7. The van der Waals surface area contributed by atoms with Crippen LogP contribution in [0, 0.1) is 0 Å². The molecular weight excluding hydrogens is 294 g/mol. The van der Waals surface area contributed by atoms with Gasteiger partial charge in [0.05, 0.1) is 11.3 Å². The average Bonchev–Trinajstić information content (AvgIpc) is 2.94. The minimum absolute atomic E-state index is 0.206. The van der Waals surface area contributed by atoms with E-state index in [4.69, 9.17) is 0 Å². The molecule has 0 radical (unpaired) electrons. The van der Waals surface area contributed by atoms with Crippen LogP contribution in [0.5, 0.6) is 0 Å². The van der Waals surface area contributed by atoms with Gasteiger partial charge in [-0.05, 0) is 38.6 Å². The predicted molar refractivity (Wildman–Crippen MR) is 89.0 cm³/mol. The van der Waals surface area contributed by atoms with Crippen molar-refractivity contribution in [1.29, 1.82) is 0 Å². The van der Waals surface area contributed by atoms with Crippen LogP contribution < -0.4 is 4.90 Å². The Hall–Kier alpha value is -2.15. The molecule has 1 N–H and O–H groups in total. The first-order valence-electron chi connectivity index (χ1n) is 8.03. The Morgan fingerprint density at radius 3 is 2.57 bits per heavy atom. The highest BCUT2D eigenvalue weighted by Gasteiger charge is 2.25. The Balaban J connectivity index is 1.90. The van der Waals surface area contributed by atoms with Crippen molar-refractivity contribution in [2.24, 2.45) is 7.05 Å². The number of nitrogens with zero attached hydrogens (tertiary/aromatic N) is 5. The Morgan fingerprint density at radius 1 is 1.30 bits per heavy atom. The standard InChI is InChI=1S/C16H23N5O2/c1-4-19(2)11-7-9-21(10-8-11)13-6-5-12(16(22)23)14-15(13)18-20(3)17-14/h5-6,11H,4,7-10H2,1-3H3,(H,22,23). The molecule has 1 fully saturated rings. The van der Waals surface area contributed by atoms with Gasteiger partial charge in [0.1, 0.15) is 11.0 Å². The van der Waals surface area contributed by atoms with Gasteiger partial charge >= 0.3 is 5.97 Å². The molecule has 7 heteroatoms. The third-order valence-electron chi connectivity index (χ3n) is 4.78. The molecule has 2 heterocycles. The van der Waals surface area contributed by atoms with Crippen molar-refractivity contribution in [2.45, 2.75) is 25.8 Å². The van der Waals surface area contributed by atoms with E-state index in [1.165, 1.54) is 4.80 Å². The number of hydrogen-bond acceptors (Lipinski definition) is 5. The molecule has 0 atom stereocenters. The van der Waals surface area contributed by atoms with Crippen LogP contribution in [-0.4, -0.2) is 63.7 Å². The number of aryl methyl sites for hydroxylation is 1. The number of benzene rings is 1. The van der Waals surface area contributed by atoms with Crippen molar-refractivity contribution in [2.75, 3.05) is 31.6 Å². The van der Waals surface area contributed by atoms with E-state index in [1.807, 2.05) is 6.07 Å². The van der Waals surface area contributed by atoms with Crippen molar-refractivity contribution in [1.82, 2.24) is 19.9 Å². The molecule has 124 valence electrons. The fourth-order valence-corrected chi connectivity index (χ4v) is 3.31. The number of aromatic carboxylic acids is 1. The lowest BCUT2D eigenvalue weighted by molar-refractivity contribution is 0.0699. The van der Waals surface area contributed by atoms with Crippen LogP contribution in [0.4, 0.5) is 5.69 Å². The molecule has 0 aliphatic carbocycles. The highest BCUT2D eigenvalue weighted by atomic mass is 16.4. The van der Waals surface area contributed by atoms with Gasteiger partial charge in [-0.2, -0.15) is 15.0 Å². The number of aromatic nitrogens is 3. The number of carboxylic acid groups (broad SMARTS) is 1. The normalized spacial score (nSPS) is 16.4. The maximum absolute atomic E-state index is 11.4. The molecule has 0 spiro atoms. The minimum atomic E-state index is -0.967. The van der Waals surface area contributed by atoms with Gasteiger partial charge in [0.15, 0.2) is 0 Å². The van der Waals surface area contributed by atoms with Crippen molar-refractivity contribution < 1.29 is 9.90 Å². The summed E-state index contributed by atoms with van der Waals surface area (Å²) in [6.45, 7) is 5.15. The Bertz CT molecular complexity index is 719. The summed E-state index contributed by atoms with van der Waals surface area (Å²) in [4.78, 5) is 17.5. The van der Waals surface area contributed by atoms with Crippen LogP contribution in [0.15, 0.2) is 12.1 Å². The molecule has 2 aromatic rings. The maximum Gasteiger partial charge on any atom is 0.338 e. The molecule has 0 amide bonds. The van der Waals surface area contributed by atoms with E-state index in [9.17, 15) is 9.90 Å². The molecule has 0 bridgehead atoms. The molecule has 0 saturated carbocycles. The van der Waals surface area contributed by atoms with Crippen LogP contribution in [-0.2, 0) is 7.05 Å². The summed E-state index contributed by atoms with van der Waals surface area (Å²) >= 11 is 0. The Kier molecular flexibility index (Phi) is 4.21. The first-order chi connectivity index (χ1) is 11.0. The summed E-state index contributed by atoms with van der Waals surface area (Å²) in [5.74, 6) is -0.967. The van der Waals surface area contributed by atoms with Gasteiger partial charge < -0.3 is 14.9 Å². The zero-order chi connectivity index (χ0) is 16.6. The van der Waals surface area contributed by atoms with Crippen molar-refractivity contribution in [3.05, 3.63) is 17.7 Å². The van der Waals surface area contributed by atoms with Gasteiger partial charge in [0.25, 0.3) is 0 Å². The summed E-state index contributed by atoms with van der Waals surface area (Å²) in [5.41, 5.74) is 2.33. The smallest absolute Gasteiger partial charge is 0.338 e. The summed E-state index contributed by atoms with van der Waals surface area (Å²) < 4.78 is 0. The quantitative estimate of drug-likeness (QED) is 0.923. The summed E-state index contributed by atoms with van der Waals surface area (Å²) in [6, 6.07) is 4.12. The van der Waals surface area contributed by atoms with Crippen LogP contribution in [0.2, 0.25) is 0 Å².